The number of aliphatic hydroxyl groups excluding tert-OH is 3. The van der Waals surface area contributed by atoms with E-state index in [2.05, 4.69) is 4.98 Å². The van der Waals surface area contributed by atoms with Crippen molar-refractivity contribution in [1.29, 1.82) is 0 Å². The number of hydrogen-bond acceptors (Lipinski definition) is 7. The molecule has 2 amide bonds. The normalized spacial score (nSPS) is 24.4. The summed E-state index contributed by atoms with van der Waals surface area (Å²) in [6.07, 6.45) is 8.30. The van der Waals surface area contributed by atoms with Crippen LogP contribution in [0.25, 0.3) is 11.6 Å². The van der Waals surface area contributed by atoms with Crippen molar-refractivity contribution in [2.75, 3.05) is 13.2 Å². The molecule has 224 valence electrons. The third kappa shape index (κ3) is 5.80. The van der Waals surface area contributed by atoms with Crippen LogP contribution in [0.2, 0.25) is 0 Å². The van der Waals surface area contributed by atoms with Crippen LogP contribution in [0.5, 0.6) is 5.75 Å². The fraction of sp³-hybridized carbons (Fsp3) is 0.500. The van der Waals surface area contributed by atoms with Crippen molar-refractivity contribution in [2.24, 2.45) is 17.8 Å². The van der Waals surface area contributed by atoms with Crippen molar-refractivity contribution in [2.45, 2.75) is 77.4 Å². The van der Waals surface area contributed by atoms with Crippen LogP contribution in [-0.2, 0) is 9.59 Å². The molecule has 42 heavy (non-hydrogen) atoms. The molecule has 2 fully saturated rings. The van der Waals surface area contributed by atoms with Gasteiger partial charge < -0.3 is 20.4 Å². The fourth-order valence-corrected chi connectivity index (χ4v) is 7.38. The second-order valence-corrected chi connectivity index (χ2v) is 12.1. The highest BCUT2D eigenvalue weighted by Crippen LogP contribution is 2.47. The summed E-state index contributed by atoms with van der Waals surface area (Å²) in [7, 11) is 0. The monoisotopic (exact) mass is 574 g/mol. The van der Waals surface area contributed by atoms with Gasteiger partial charge in [-0.15, -0.1) is 0 Å². The molecule has 1 aromatic heterocycles. The minimum atomic E-state index is -1.02. The summed E-state index contributed by atoms with van der Waals surface area (Å²) < 4.78 is 0. The molecule has 8 nitrogen and oxygen atoms in total. The van der Waals surface area contributed by atoms with Gasteiger partial charge in [-0.2, -0.15) is 0 Å². The predicted octanol–water partition coefficient (Wildman–Crippen LogP) is 4.32. The maximum absolute atomic E-state index is 13.7. The van der Waals surface area contributed by atoms with Crippen molar-refractivity contribution in [3.8, 4) is 5.75 Å². The number of hydrogen-bond donors (Lipinski definition) is 4. The first-order chi connectivity index (χ1) is 20.2. The van der Waals surface area contributed by atoms with Gasteiger partial charge in [0.15, 0.2) is 0 Å². The number of carbonyl (C=O) groups excluding carboxylic acids is 2. The zero-order valence-corrected chi connectivity index (χ0v) is 24.5. The van der Waals surface area contributed by atoms with Gasteiger partial charge in [0.25, 0.3) is 0 Å². The second kappa shape index (κ2) is 12.9. The first-order valence-electron chi connectivity index (χ1n) is 15.2. The quantitative estimate of drug-likeness (QED) is 0.259. The molecule has 4 N–H and O–H groups in total. The van der Waals surface area contributed by atoms with Crippen molar-refractivity contribution in [1.82, 2.24) is 9.88 Å². The average molecular weight is 575 g/mol. The number of aromatic nitrogens is 1. The number of imide groups is 1. The number of carbonyl (C=O) groups is 2. The molecule has 1 aliphatic heterocycles. The number of rotatable bonds is 9. The van der Waals surface area contributed by atoms with E-state index in [4.69, 9.17) is 0 Å². The molecule has 0 bridgehead atoms. The summed E-state index contributed by atoms with van der Waals surface area (Å²) in [5, 5.41) is 42.7. The number of allylic oxidation sites excluding steroid dienone is 1. The average Bonchev–Trinajstić information content (AvgIpc) is 3.26. The summed E-state index contributed by atoms with van der Waals surface area (Å²) >= 11 is 0. The molecule has 0 spiro atoms. The van der Waals surface area contributed by atoms with Gasteiger partial charge in [-0.25, -0.2) is 0 Å². The summed E-state index contributed by atoms with van der Waals surface area (Å²) in [5.41, 5.74) is 5.11. The largest absolute Gasteiger partial charge is 0.507 e. The molecule has 2 heterocycles. The molecule has 5 rings (SSSR count). The Labute approximate surface area is 247 Å². The van der Waals surface area contributed by atoms with Crippen LogP contribution in [0.4, 0.5) is 0 Å². The predicted molar refractivity (Wildman–Crippen MR) is 160 cm³/mol. The molecule has 2 aromatic rings. The smallest absolute Gasteiger partial charge is 0.234 e. The summed E-state index contributed by atoms with van der Waals surface area (Å²) in [6, 6.07) is 9.34. The van der Waals surface area contributed by atoms with Crippen molar-refractivity contribution < 1.29 is 30.0 Å². The number of pyridine rings is 1. The lowest BCUT2D eigenvalue weighted by atomic mass is 9.68. The van der Waals surface area contributed by atoms with Gasteiger partial charge in [0.05, 0.1) is 36.8 Å². The van der Waals surface area contributed by atoms with Gasteiger partial charge in [0.2, 0.25) is 11.8 Å². The van der Waals surface area contributed by atoms with Crippen LogP contribution in [-0.4, -0.2) is 67.5 Å². The highest BCUT2D eigenvalue weighted by Gasteiger charge is 2.56. The summed E-state index contributed by atoms with van der Waals surface area (Å²) in [5.74, 6) is -2.24. The molecule has 3 aliphatic rings. The number of fused-ring (bicyclic) bond motifs is 1. The molecule has 0 unspecified atom stereocenters. The first kappa shape index (κ1) is 30.1. The van der Waals surface area contributed by atoms with E-state index < -0.39 is 23.9 Å². The van der Waals surface area contributed by atoms with Gasteiger partial charge in [-0.3, -0.25) is 19.5 Å². The molecule has 1 saturated carbocycles. The van der Waals surface area contributed by atoms with E-state index in [1.165, 1.54) is 4.90 Å². The number of phenols is 1. The minimum Gasteiger partial charge on any atom is -0.507 e. The van der Waals surface area contributed by atoms with Gasteiger partial charge >= 0.3 is 0 Å². The van der Waals surface area contributed by atoms with E-state index in [9.17, 15) is 30.0 Å². The lowest BCUT2D eigenvalue weighted by Crippen LogP contribution is -2.42. The second-order valence-electron chi connectivity index (χ2n) is 12.1. The number of amides is 2. The highest BCUT2D eigenvalue weighted by molar-refractivity contribution is 6.06. The molecule has 1 saturated heterocycles. The van der Waals surface area contributed by atoms with Crippen LogP contribution in [0.3, 0.4) is 0 Å². The Bertz CT molecular complexity index is 1350. The van der Waals surface area contributed by atoms with E-state index in [1.807, 2.05) is 50.3 Å². The first-order valence-corrected chi connectivity index (χ1v) is 15.2. The molecular weight excluding hydrogens is 532 g/mol. The Morgan fingerprint density at radius 1 is 1.07 bits per heavy atom. The number of phenolic OH excluding ortho intramolecular Hbond substituents is 1. The number of aromatic hydroxyl groups is 1. The fourth-order valence-electron chi connectivity index (χ4n) is 7.38. The third-order valence-corrected chi connectivity index (χ3v) is 9.44. The number of likely N-dealkylation sites (tertiary alicyclic amines) is 1. The van der Waals surface area contributed by atoms with Crippen LogP contribution in [0, 0.1) is 31.6 Å². The zero-order chi connectivity index (χ0) is 30.0. The molecule has 1 aromatic carbocycles. The SMILES string of the molecule is Cc1cc(/C=C(/CC[C@@H](O)C2=C(CO)C[C@H]3C(=O)N(C4CCCCC4)C(=O)[C@H]3[C@H]2CO)c2ccccn2)cc(C)c1O. The summed E-state index contributed by atoms with van der Waals surface area (Å²) in [4.78, 5) is 33.2. The number of aliphatic hydroxyl groups is 3. The Hall–Kier alpha value is -3.33. The lowest BCUT2D eigenvalue weighted by Gasteiger charge is -2.36. The van der Waals surface area contributed by atoms with E-state index in [0.29, 0.717) is 17.6 Å². The third-order valence-electron chi connectivity index (χ3n) is 9.44. The van der Waals surface area contributed by atoms with E-state index in [1.54, 1.807) is 6.20 Å². The van der Waals surface area contributed by atoms with Crippen molar-refractivity contribution in [3.63, 3.8) is 0 Å². The maximum atomic E-state index is 13.7. The van der Waals surface area contributed by atoms with E-state index >= 15 is 0 Å². The topological polar surface area (TPSA) is 131 Å². The van der Waals surface area contributed by atoms with Crippen LogP contribution in [0.15, 0.2) is 47.7 Å². The zero-order valence-electron chi connectivity index (χ0n) is 24.5. The Morgan fingerprint density at radius 3 is 2.40 bits per heavy atom. The van der Waals surface area contributed by atoms with Gasteiger partial charge in [0, 0.05) is 18.2 Å². The van der Waals surface area contributed by atoms with E-state index in [0.717, 1.165) is 60.1 Å². The van der Waals surface area contributed by atoms with Crippen molar-refractivity contribution in [3.05, 3.63) is 70.1 Å². The van der Waals surface area contributed by atoms with Crippen molar-refractivity contribution >= 4 is 23.5 Å². The molecule has 8 heteroatoms. The lowest BCUT2D eigenvalue weighted by molar-refractivity contribution is -0.143. The van der Waals surface area contributed by atoms with Crippen LogP contribution < -0.4 is 0 Å². The van der Waals surface area contributed by atoms with Gasteiger partial charge in [-0.1, -0.05) is 25.3 Å². The van der Waals surface area contributed by atoms with Crippen LogP contribution in [0.1, 0.15) is 73.8 Å². The Morgan fingerprint density at radius 2 is 1.79 bits per heavy atom. The Kier molecular flexibility index (Phi) is 9.25. The number of nitrogens with zero attached hydrogens (tertiary/aromatic N) is 2. The highest BCUT2D eigenvalue weighted by atomic mass is 16.3. The standard InChI is InChI=1S/C34H42N2O6/c1-20-14-22(15-21(2)32(20)40)16-23(28-10-6-7-13-35-28)11-12-29(39)30-24(18-37)17-26-31(27(30)19-38)34(42)36(33(26)41)25-8-4-3-5-9-25/h6-7,10,13-16,25-27,29,31,37-40H,3-5,8-9,11-12,17-19H2,1-2H3/b23-16-/t26-,27+,29-,31-/m1/s1. The van der Waals surface area contributed by atoms with Gasteiger partial charge in [-0.05, 0) is 110 Å². The summed E-state index contributed by atoms with van der Waals surface area (Å²) in [6.45, 7) is 2.97. The number of aryl methyl sites for hydroxylation is 2. The van der Waals surface area contributed by atoms with Crippen LogP contribution >= 0.6 is 0 Å². The molecule has 0 radical (unpaired) electrons. The molecule has 4 atom stereocenters. The van der Waals surface area contributed by atoms with Gasteiger partial charge in [0.1, 0.15) is 5.75 Å². The van der Waals surface area contributed by atoms with E-state index in [-0.39, 0.29) is 49.7 Å². The Balaban J connectivity index is 1.42. The molecule has 2 aliphatic carbocycles. The maximum Gasteiger partial charge on any atom is 0.234 e. The number of benzene rings is 1. The minimum absolute atomic E-state index is 0.104. The molecular formula is C34H42N2O6.